The van der Waals surface area contributed by atoms with Gasteiger partial charge in [-0.3, -0.25) is 4.98 Å². The molecule has 4 heteroatoms. The van der Waals surface area contributed by atoms with E-state index in [1.165, 1.54) is 94.4 Å². The van der Waals surface area contributed by atoms with Crippen molar-refractivity contribution in [1.82, 2.24) is 9.97 Å². The monoisotopic (exact) mass is 500 g/mol. The van der Waals surface area contributed by atoms with Crippen LogP contribution in [-0.2, 0) is 12.8 Å². The second-order valence-corrected chi connectivity index (χ2v) is 10.1. The normalized spacial score (nSPS) is 11.0. The predicted octanol–water partition coefficient (Wildman–Crippen LogP) is 9.17. The quantitative estimate of drug-likeness (QED) is 0.105. The number of carbonyl (C=O) groups is 1. The molecule has 1 aromatic heterocycles. The Balaban J connectivity index is 1.43. The van der Waals surface area contributed by atoms with Crippen LogP contribution in [0.3, 0.4) is 0 Å². The fourth-order valence-electron chi connectivity index (χ4n) is 4.53. The molecule has 198 valence electrons. The van der Waals surface area contributed by atoms with E-state index >= 15 is 0 Å². The van der Waals surface area contributed by atoms with E-state index in [9.17, 15) is 4.79 Å². The number of hydrogen-bond donors (Lipinski definition) is 0. The van der Waals surface area contributed by atoms with E-state index in [1.54, 1.807) is 6.20 Å². The Kier molecular flexibility index (Phi) is 12.9. The summed E-state index contributed by atoms with van der Waals surface area (Å²) in [6.07, 6.45) is 20.9. The molecule has 4 nitrogen and oxygen atoms in total. The molecule has 2 aromatic carbocycles. The number of unbranched alkanes of at least 4 members (excludes halogenated alkanes) is 10. The lowest BCUT2D eigenvalue weighted by molar-refractivity contribution is 0.0728. The first-order valence-corrected chi connectivity index (χ1v) is 14.4. The van der Waals surface area contributed by atoms with E-state index in [0.717, 1.165) is 24.1 Å². The van der Waals surface area contributed by atoms with Gasteiger partial charge in [0.1, 0.15) is 5.75 Å². The number of nitrogens with zero attached hydrogens (tertiary/aromatic N) is 2. The van der Waals surface area contributed by atoms with Crippen molar-refractivity contribution < 1.29 is 9.53 Å². The molecule has 3 rings (SSSR count). The smallest absolute Gasteiger partial charge is 0.363 e. The van der Waals surface area contributed by atoms with Gasteiger partial charge >= 0.3 is 5.97 Å². The molecule has 0 saturated heterocycles. The first-order chi connectivity index (χ1) is 18.2. The fourth-order valence-corrected chi connectivity index (χ4v) is 4.53. The van der Waals surface area contributed by atoms with Gasteiger partial charge in [-0.2, -0.15) is 0 Å². The summed E-state index contributed by atoms with van der Waals surface area (Å²) in [6, 6.07) is 16.3. The maximum atomic E-state index is 12.5. The molecule has 0 radical (unpaired) electrons. The minimum atomic E-state index is -0.489. The highest BCUT2D eigenvalue weighted by molar-refractivity contribution is 5.88. The van der Waals surface area contributed by atoms with Crippen molar-refractivity contribution in [3.05, 3.63) is 77.7 Å². The van der Waals surface area contributed by atoms with Gasteiger partial charge in [0.05, 0.1) is 18.1 Å². The Morgan fingerprint density at radius 1 is 0.622 bits per heavy atom. The number of aryl methyl sites for hydroxylation is 2. The molecule has 3 aromatic rings. The summed E-state index contributed by atoms with van der Waals surface area (Å²) < 4.78 is 5.51. The van der Waals surface area contributed by atoms with E-state index < -0.39 is 5.97 Å². The SMILES string of the molecule is CCCCCCCCCc1ccc(-c2cnc(C(=O)Oc3ccc(CCCCCCC)cc3)cn2)cc1. The van der Waals surface area contributed by atoms with Crippen molar-refractivity contribution in [2.75, 3.05) is 0 Å². The van der Waals surface area contributed by atoms with Crippen molar-refractivity contribution >= 4 is 5.97 Å². The third kappa shape index (κ3) is 10.5. The number of esters is 1. The largest absolute Gasteiger partial charge is 0.422 e. The zero-order chi connectivity index (χ0) is 26.1. The van der Waals surface area contributed by atoms with Crippen LogP contribution in [0.15, 0.2) is 60.9 Å². The molecule has 0 N–H and O–H groups in total. The summed E-state index contributed by atoms with van der Waals surface area (Å²) in [4.78, 5) is 21.3. The molecule has 0 unspecified atom stereocenters. The number of hydrogen-bond acceptors (Lipinski definition) is 4. The molecular weight excluding hydrogens is 456 g/mol. The standard InChI is InChI=1S/C33H44N2O2/c1-3-5-7-9-10-12-14-15-27-17-21-29(22-18-27)31-25-35-32(26-34-31)33(36)37-30-23-19-28(20-24-30)16-13-11-8-6-4-2/h17-26H,3-16H2,1-2H3. The molecule has 0 amide bonds. The Morgan fingerprint density at radius 3 is 1.65 bits per heavy atom. The lowest BCUT2D eigenvalue weighted by Crippen LogP contribution is -2.11. The molecular formula is C33H44N2O2. The van der Waals surface area contributed by atoms with Gasteiger partial charge < -0.3 is 4.74 Å². The molecule has 0 spiro atoms. The summed E-state index contributed by atoms with van der Waals surface area (Å²) in [6.45, 7) is 4.49. The maximum absolute atomic E-state index is 12.5. The first-order valence-electron chi connectivity index (χ1n) is 14.4. The van der Waals surface area contributed by atoms with Crippen molar-refractivity contribution in [1.29, 1.82) is 0 Å². The minimum Gasteiger partial charge on any atom is -0.422 e. The molecule has 1 heterocycles. The summed E-state index contributed by atoms with van der Waals surface area (Å²) in [5.41, 5.74) is 4.59. The van der Waals surface area contributed by atoms with Gasteiger partial charge in [0.15, 0.2) is 5.69 Å². The van der Waals surface area contributed by atoms with Gasteiger partial charge in [-0.25, -0.2) is 9.78 Å². The van der Waals surface area contributed by atoms with Gasteiger partial charge in [0.2, 0.25) is 0 Å². The Hall–Kier alpha value is -3.01. The highest BCUT2D eigenvalue weighted by Crippen LogP contribution is 2.20. The Bertz CT molecular complexity index is 1030. The van der Waals surface area contributed by atoms with Crippen LogP contribution < -0.4 is 4.74 Å². The Labute approximate surface area is 223 Å². The van der Waals surface area contributed by atoms with Crippen LogP contribution in [0.1, 0.15) is 113 Å². The third-order valence-corrected chi connectivity index (χ3v) is 6.88. The highest BCUT2D eigenvalue weighted by atomic mass is 16.5. The average Bonchev–Trinajstić information content (AvgIpc) is 2.94. The molecule has 0 bridgehead atoms. The highest BCUT2D eigenvalue weighted by Gasteiger charge is 2.12. The predicted molar refractivity (Wildman–Crippen MR) is 153 cm³/mol. The average molecular weight is 501 g/mol. The van der Waals surface area contributed by atoms with Gasteiger partial charge in [-0.15, -0.1) is 0 Å². The zero-order valence-electron chi connectivity index (χ0n) is 22.9. The maximum Gasteiger partial charge on any atom is 0.363 e. The first kappa shape index (κ1) is 28.6. The van der Waals surface area contributed by atoms with E-state index in [-0.39, 0.29) is 5.69 Å². The summed E-state index contributed by atoms with van der Waals surface area (Å²) in [7, 11) is 0. The van der Waals surface area contributed by atoms with Crippen LogP contribution >= 0.6 is 0 Å². The fraction of sp³-hybridized carbons (Fsp3) is 0.485. The van der Waals surface area contributed by atoms with Crippen molar-refractivity contribution in [2.45, 2.75) is 104 Å². The topological polar surface area (TPSA) is 52.1 Å². The molecule has 37 heavy (non-hydrogen) atoms. The van der Waals surface area contributed by atoms with Crippen LogP contribution in [0.4, 0.5) is 0 Å². The molecule has 0 aliphatic rings. The van der Waals surface area contributed by atoms with Gasteiger partial charge in [0, 0.05) is 5.56 Å². The van der Waals surface area contributed by atoms with E-state index in [2.05, 4.69) is 48.1 Å². The lowest BCUT2D eigenvalue weighted by Gasteiger charge is -2.07. The molecule has 0 fully saturated rings. The molecule has 0 aliphatic carbocycles. The van der Waals surface area contributed by atoms with E-state index in [0.29, 0.717) is 5.75 Å². The zero-order valence-corrected chi connectivity index (χ0v) is 22.9. The number of aromatic nitrogens is 2. The number of ether oxygens (including phenoxy) is 1. The Morgan fingerprint density at radius 2 is 1.14 bits per heavy atom. The van der Waals surface area contributed by atoms with E-state index in [1.807, 2.05) is 24.3 Å². The minimum absolute atomic E-state index is 0.208. The van der Waals surface area contributed by atoms with Gasteiger partial charge in [0.25, 0.3) is 0 Å². The van der Waals surface area contributed by atoms with Gasteiger partial charge in [-0.05, 0) is 48.9 Å². The van der Waals surface area contributed by atoms with Crippen molar-refractivity contribution in [3.8, 4) is 17.0 Å². The van der Waals surface area contributed by atoms with Crippen LogP contribution in [0.2, 0.25) is 0 Å². The van der Waals surface area contributed by atoms with Crippen LogP contribution in [0.25, 0.3) is 11.3 Å². The second kappa shape index (κ2) is 16.7. The number of carbonyl (C=O) groups excluding carboxylic acids is 1. The summed E-state index contributed by atoms with van der Waals surface area (Å²) in [5.74, 6) is 0.0403. The summed E-state index contributed by atoms with van der Waals surface area (Å²) in [5, 5.41) is 0. The van der Waals surface area contributed by atoms with Crippen LogP contribution in [0.5, 0.6) is 5.75 Å². The number of benzene rings is 2. The van der Waals surface area contributed by atoms with E-state index in [4.69, 9.17) is 4.74 Å². The second-order valence-electron chi connectivity index (χ2n) is 10.1. The third-order valence-electron chi connectivity index (χ3n) is 6.88. The lowest BCUT2D eigenvalue weighted by atomic mass is 10.0. The van der Waals surface area contributed by atoms with Crippen LogP contribution in [0, 0.1) is 0 Å². The van der Waals surface area contributed by atoms with Crippen molar-refractivity contribution in [2.24, 2.45) is 0 Å². The van der Waals surface area contributed by atoms with Gasteiger partial charge in [-0.1, -0.05) is 114 Å². The van der Waals surface area contributed by atoms with Crippen LogP contribution in [-0.4, -0.2) is 15.9 Å². The molecule has 0 aliphatic heterocycles. The summed E-state index contributed by atoms with van der Waals surface area (Å²) >= 11 is 0. The number of rotatable bonds is 17. The molecule has 0 saturated carbocycles. The molecule has 0 atom stereocenters. The van der Waals surface area contributed by atoms with Crippen molar-refractivity contribution in [3.63, 3.8) is 0 Å².